The Labute approximate surface area is 105 Å². The van der Waals surface area contributed by atoms with Crippen molar-refractivity contribution < 1.29 is 17.6 Å². The summed E-state index contributed by atoms with van der Waals surface area (Å²) in [4.78, 5) is 10.6. The molecule has 0 saturated carbocycles. The summed E-state index contributed by atoms with van der Waals surface area (Å²) in [7, 11) is -3.91. The van der Waals surface area contributed by atoms with Crippen molar-refractivity contribution in [3.05, 3.63) is 5.89 Å². The van der Waals surface area contributed by atoms with Gasteiger partial charge in [0, 0.05) is 6.42 Å². The van der Waals surface area contributed by atoms with Crippen LogP contribution in [0.4, 0.5) is 0 Å². The van der Waals surface area contributed by atoms with Crippen LogP contribution in [0.2, 0.25) is 0 Å². The van der Waals surface area contributed by atoms with E-state index < -0.39 is 26.7 Å². The molecule has 0 aromatic carbocycles. The number of hydrogen-bond donors (Lipinski definition) is 2. The average Bonchev–Trinajstić information content (AvgIpc) is 2.72. The number of amides is 1. The van der Waals surface area contributed by atoms with Gasteiger partial charge >= 0.3 is 5.22 Å². The molecule has 0 spiro atoms. The lowest BCUT2D eigenvalue weighted by Crippen LogP contribution is -2.23. The van der Waals surface area contributed by atoms with Gasteiger partial charge < -0.3 is 15.9 Å². The van der Waals surface area contributed by atoms with Crippen molar-refractivity contribution in [1.29, 1.82) is 0 Å². The second-order valence-corrected chi connectivity index (χ2v) is 5.65. The molecule has 1 heterocycles. The number of primary amides is 1. The lowest BCUT2D eigenvalue weighted by atomic mass is 10.2. The normalized spacial score (nSPS) is 11.6. The predicted octanol–water partition coefficient (Wildman–Crippen LogP) is -1.000. The van der Waals surface area contributed by atoms with Crippen LogP contribution in [0.15, 0.2) is 9.64 Å². The van der Waals surface area contributed by atoms with Gasteiger partial charge in [-0.25, -0.2) is 8.42 Å². The maximum atomic E-state index is 11.5. The number of unbranched alkanes of at least 4 members (excludes halogenated alkanes) is 2. The van der Waals surface area contributed by atoms with Crippen LogP contribution in [0.3, 0.4) is 0 Å². The average molecular weight is 276 g/mol. The Morgan fingerprint density at radius 1 is 1.22 bits per heavy atom. The van der Waals surface area contributed by atoms with Crippen LogP contribution in [0, 0.1) is 0 Å². The van der Waals surface area contributed by atoms with E-state index in [2.05, 4.69) is 10.2 Å². The van der Waals surface area contributed by atoms with Crippen molar-refractivity contribution in [3.63, 3.8) is 0 Å². The maximum absolute atomic E-state index is 11.5. The maximum Gasteiger partial charge on any atom is 0.336 e. The largest absolute Gasteiger partial charge is 0.413 e. The highest BCUT2D eigenvalue weighted by Crippen LogP contribution is 2.11. The molecular weight excluding hydrogens is 260 g/mol. The van der Waals surface area contributed by atoms with Crippen LogP contribution in [0.25, 0.3) is 0 Å². The topological polar surface area (TPSA) is 142 Å². The first-order valence-corrected chi connectivity index (χ1v) is 7.14. The molecule has 1 aromatic rings. The Kier molecular flexibility index (Phi) is 5.23. The van der Waals surface area contributed by atoms with Gasteiger partial charge in [-0.3, -0.25) is 4.79 Å². The number of nitrogens with zero attached hydrogens (tertiary/aromatic N) is 2. The molecule has 0 aliphatic carbocycles. The number of carbonyl (C=O) groups excluding carboxylic acids is 1. The zero-order chi connectivity index (χ0) is 13.6. The third kappa shape index (κ3) is 4.41. The Balaban J connectivity index is 2.60. The van der Waals surface area contributed by atoms with Gasteiger partial charge in [0.1, 0.15) is 5.75 Å². The second-order valence-electron chi connectivity index (χ2n) is 3.79. The first-order chi connectivity index (χ1) is 8.45. The summed E-state index contributed by atoms with van der Waals surface area (Å²) < 4.78 is 28.0. The molecule has 8 nitrogen and oxygen atoms in total. The van der Waals surface area contributed by atoms with E-state index >= 15 is 0 Å². The van der Waals surface area contributed by atoms with E-state index in [1.807, 2.05) is 0 Å². The van der Waals surface area contributed by atoms with Gasteiger partial charge in [0.2, 0.25) is 21.6 Å². The van der Waals surface area contributed by atoms with E-state index in [0.29, 0.717) is 13.0 Å². The number of rotatable bonds is 8. The smallest absolute Gasteiger partial charge is 0.336 e. The summed E-state index contributed by atoms with van der Waals surface area (Å²) in [5.41, 5.74) is 10.2. The molecule has 1 amide bonds. The summed E-state index contributed by atoms with van der Waals surface area (Å²) in [5, 5.41) is 6.45. The third-order valence-electron chi connectivity index (χ3n) is 2.14. The van der Waals surface area contributed by atoms with E-state index in [1.165, 1.54) is 0 Å². The van der Waals surface area contributed by atoms with E-state index in [1.54, 1.807) is 0 Å². The Hall–Kier alpha value is -1.48. The fraction of sp³-hybridized carbons (Fsp3) is 0.667. The highest BCUT2D eigenvalue weighted by molar-refractivity contribution is 7.91. The van der Waals surface area contributed by atoms with Crippen molar-refractivity contribution in [2.24, 2.45) is 11.5 Å². The summed E-state index contributed by atoms with van der Waals surface area (Å²) in [6, 6.07) is 0. The number of aromatic nitrogens is 2. The Morgan fingerprint density at radius 2 is 1.94 bits per heavy atom. The van der Waals surface area contributed by atoms with E-state index in [4.69, 9.17) is 15.9 Å². The summed E-state index contributed by atoms with van der Waals surface area (Å²) in [6.45, 7) is 0.613. The molecule has 9 heteroatoms. The zero-order valence-corrected chi connectivity index (χ0v) is 10.6. The predicted molar refractivity (Wildman–Crippen MR) is 62.2 cm³/mol. The van der Waals surface area contributed by atoms with Gasteiger partial charge in [0.05, 0.1) is 0 Å². The molecule has 0 radical (unpaired) electrons. The van der Waals surface area contributed by atoms with Crippen LogP contribution < -0.4 is 11.5 Å². The minimum atomic E-state index is -3.91. The lowest BCUT2D eigenvalue weighted by molar-refractivity contribution is -0.115. The van der Waals surface area contributed by atoms with Gasteiger partial charge in [-0.1, -0.05) is 11.5 Å². The van der Waals surface area contributed by atoms with Crippen molar-refractivity contribution in [1.82, 2.24) is 10.2 Å². The van der Waals surface area contributed by atoms with Crippen LogP contribution in [0.1, 0.15) is 25.2 Å². The molecule has 1 aromatic heterocycles. The number of carbonyl (C=O) groups is 1. The van der Waals surface area contributed by atoms with Gasteiger partial charge in [-0.15, -0.1) is 5.10 Å². The van der Waals surface area contributed by atoms with Crippen LogP contribution in [-0.2, 0) is 21.1 Å². The van der Waals surface area contributed by atoms with Crippen molar-refractivity contribution in [3.8, 4) is 0 Å². The minimum absolute atomic E-state index is 0.232. The minimum Gasteiger partial charge on any atom is -0.413 e. The third-order valence-corrected chi connectivity index (χ3v) is 3.50. The van der Waals surface area contributed by atoms with Gasteiger partial charge in [0.15, 0.2) is 0 Å². The molecule has 18 heavy (non-hydrogen) atoms. The molecule has 0 unspecified atom stereocenters. The Morgan fingerprint density at radius 3 is 2.56 bits per heavy atom. The number of aryl methyl sites for hydroxylation is 1. The fourth-order valence-electron chi connectivity index (χ4n) is 1.31. The van der Waals surface area contributed by atoms with Gasteiger partial charge in [0.25, 0.3) is 0 Å². The molecule has 0 aliphatic rings. The van der Waals surface area contributed by atoms with Crippen LogP contribution in [-0.4, -0.2) is 36.8 Å². The van der Waals surface area contributed by atoms with Crippen LogP contribution in [0.5, 0.6) is 0 Å². The molecule has 4 N–H and O–H groups in total. The van der Waals surface area contributed by atoms with E-state index in [9.17, 15) is 13.2 Å². The zero-order valence-electron chi connectivity index (χ0n) is 9.83. The molecule has 0 aliphatic heterocycles. The Bertz CT molecular complexity index is 496. The van der Waals surface area contributed by atoms with E-state index in [-0.39, 0.29) is 5.89 Å². The molecular formula is C9H16N4O4S. The molecule has 0 bridgehead atoms. The fourth-order valence-corrected chi connectivity index (χ4v) is 2.20. The SMILES string of the molecule is NCCCCCc1nnc(S(=O)(=O)CC(N)=O)o1. The first kappa shape index (κ1) is 14.6. The van der Waals surface area contributed by atoms with Crippen molar-refractivity contribution in [2.45, 2.75) is 30.9 Å². The summed E-state index contributed by atoms with van der Waals surface area (Å²) in [6.07, 6.45) is 3.07. The van der Waals surface area contributed by atoms with Gasteiger partial charge in [-0.2, -0.15) is 0 Å². The standard InChI is InChI=1S/C9H16N4O4S/c10-5-3-1-2-4-8-12-13-9(17-8)18(15,16)6-7(11)14/h1-6,10H2,(H2,11,14). The quantitative estimate of drug-likeness (QED) is 0.580. The molecule has 1 rings (SSSR count). The summed E-state index contributed by atoms with van der Waals surface area (Å²) >= 11 is 0. The molecule has 102 valence electrons. The van der Waals surface area contributed by atoms with Gasteiger partial charge in [-0.05, 0) is 19.4 Å². The molecule has 0 atom stereocenters. The molecule has 0 saturated heterocycles. The highest BCUT2D eigenvalue weighted by atomic mass is 32.2. The van der Waals surface area contributed by atoms with Crippen molar-refractivity contribution in [2.75, 3.05) is 12.3 Å². The van der Waals surface area contributed by atoms with Crippen LogP contribution >= 0.6 is 0 Å². The summed E-state index contributed by atoms with van der Waals surface area (Å²) in [5.74, 6) is -1.56. The number of nitrogens with two attached hydrogens (primary N) is 2. The second kappa shape index (κ2) is 6.45. The number of sulfone groups is 1. The highest BCUT2D eigenvalue weighted by Gasteiger charge is 2.24. The number of hydrogen-bond acceptors (Lipinski definition) is 7. The first-order valence-electron chi connectivity index (χ1n) is 5.49. The monoisotopic (exact) mass is 276 g/mol. The van der Waals surface area contributed by atoms with Crippen molar-refractivity contribution >= 4 is 15.7 Å². The van der Waals surface area contributed by atoms with E-state index in [0.717, 1.165) is 19.3 Å². The molecule has 0 fully saturated rings. The lowest BCUT2D eigenvalue weighted by Gasteiger charge is -1.96.